The number of benzene rings is 2. The highest BCUT2D eigenvalue weighted by Crippen LogP contribution is 2.35. The van der Waals surface area contributed by atoms with Gasteiger partial charge in [-0.25, -0.2) is 0 Å². The van der Waals surface area contributed by atoms with Gasteiger partial charge in [-0.3, -0.25) is 0 Å². The van der Waals surface area contributed by atoms with Gasteiger partial charge in [0.2, 0.25) is 0 Å². The van der Waals surface area contributed by atoms with E-state index >= 15 is 0 Å². The van der Waals surface area contributed by atoms with E-state index in [0.717, 1.165) is 11.0 Å². The van der Waals surface area contributed by atoms with Gasteiger partial charge in [0.25, 0.3) is 0 Å². The van der Waals surface area contributed by atoms with Crippen LogP contribution in [0.15, 0.2) is 50.7 Å². The lowest BCUT2D eigenvalue weighted by molar-refractivity contribution is 0.597. The van der Waals surface area contributed by atoms with Crippen LogP contribution in [-0.2, 0) is 0 Å². The number of rotatable bonds is 5. The Morgan fingerprint density at radius 3 is 2.48 bits per heavy atom. The van der Waals surface area contributed by atoms with Crippen molar-refractivity contribution in [2.45, 2.75) is 43.5 Å². The van der Waals surface area contributed by atoms with E-state index in [9.17, 15) is 0 Å². The Hall–Kier alpha value is -0.770. The summed E-state index contributed by atoms with van der Waals surface area (Å²) in [4.78, 5) is 2.54. The zero-order valence-electron chi connectivity index (χ0n) is 13.0. The van der Waals surface area contributed by atoms with Gasteiger partial charge in [0, 0.05) is 20.3 Å². The molecule has 1 atom stereocenters. The van der Waals surface area contributed by atoms with Crippen LogP contribution in [0.4, 0.5) is 0 Å². The van der Waals surface area contributed by atoms with Gasteiger partial charge in [0.15, 0.2) is 0 Å². The van der Waals surface area contributed by atoms with Crippen molar-refractivity contribution < 1.29 is 0 Å². The lowest BCUT2D eigenvalue weighted by Gasteiger charge is -2.14. The number of aryl methyl sites for hydroxylation is 2. The van der Waals surface area contributed by atoms with Crippen molar-refractivity contribution in [1.82, 2.24) is 5.32 Å². The van der Waals surface area contributed by atoms with Crippen molar-refractivity contribution in [3.8, 4) is 0 Å². The fraction of sp³-hybridized carbons (Fsp3) is 0.333. The Kier molecular flexibility index (Phi) is 5.91. The van der Waals surface area contributed by atoms with E-state index in [-0.39, 0.29) is 0 Å². The Bertz CT molecular complexity index is 625. The Morgan fingerprint density at radius 2 is 1.86 bits per heavy atom. The third-order valence-electron chi connectivity index (χ3n) is 3.67. The van der Waals surface area contributed by atoms with Gasteiger partial charge >= 0.3 is 0 Å². The monoisotopic (exact) mass is 363 g/mol. The molecule has 0 bridgehead atoms. The molecule has 0 radical (unpaired) electrons. The van der Waals surface area contributed by atoms with Crippen molar-refractivity contribution in [2.24, 2.45) is 0 Å². The molecule has 1 N–H and O–H groups in total. The summed E-state index contributed by atoms with van der Waals surface area (Å²) in [5.41, 5.74) is 4.00. The molecule has 112 valence electrons. The maximum atomic E-state index is 3.71. The Balaban J connectivity index is 2.19. The lowest BCUT2D eigenvalue weighted by Crippen LogP contribution is -2.17. The molecule has 0 saturated carbocycles. The van der Waals surface area contributed by atoms with E-state index in [1.54, 1.807) is 11.8 Å². The van der Waals surface area contributed by atoms with Gasteiger partial charge in [-0.15, -0.1) is 0 Å². The summed E-state index contributed by atoms with van der Waals surface area (Å²) in [6, 6.07) is 13.6. The molecule has 1 nitrogen and oxygen atoms in total. The summed E-state index contributed by atoms with van der Waals surface area (Å²) < 4.78 is 1.16. The van der Waals surface area contributed by atoms with Crippen LogP contribution < -0.4 is 5.32 Å². The topological polar surface area (TPSA) is 12.0 Å². The third-order valence-corrected chi connectivity index (χ3v) is 5.66. The van der Waals surface area contributed by atoms with E-state index in [1.165, 1.54) is 26.5 Å². The first-order valence-corrected chi connectivity index (χ1v) is 8.90. The molecule has 2 rings (SSSR count). The van der Waals surface area contributed by atoms with Crippen molar-refractivity contribution in [3.63, 3.8) is 0 Å². The smallest absolute Gasteiger partial charge is 0.0318 e. The van der Waals surface area contributed by atoms with Crippen LogP contribution in [-0.4, -0.2) is 6.54 Å². The zero-order valence-corrected chi connectivity index (χ0v) is 15.4. The van der Waals surface area contributed by atoms with Gasteiger partial charge in [-0.2, -0.15) is 0 Å². The highest BCUT2D eigenvalue weighted by Gasteiger charge is 2.08. The lowest BCUT2D eigenvalue weighted by atomic mass is 10.1. The molecule has 0 spiro atoms. The zero-order chi connectivity index (χ0) is 15.4. The number of hydrogen-bond donors (Lipinski definition) is 1. The van der Waals surface area contributed by atoms with Crippen LogP contribution in [0.1, 0.15) is 36.6 Å². The second kappa shape index (κ2) is 7.48. The van der Waals surface area contributed by atoms with E-state index in [1.807, 2.05) is 0 Å². The fourth-order valence-electron chi connectivity index (χ4n) is 2.20. The fourth-order valence-corrected chi connectivity index (χ4v) is 3.76. The Morgan fingerprint density at radius 1 is 1.10 bits per heavy atom. The SMILES string of the molecule is CCNC(C)c1ccc(Sc2ccc(C)c(C)c2)c(Br)c1. The summed E-state index contributed by atoms with van der Waals surface area (Å²) in [5, 5.41) is 3.44. The second-order valence-electron chi connectivity index (χ2n) is 5.32. The van der Waals surface area contributed by atoms with Gasteiger partial charge in [0.05, 0.1) is 0 Å². The molecule has 0 heterocycles. The van der Waals surface area contributed by atoms with Crippen molar-refractivity contribution in [3.05, 3.63) is 57.6 Å². The molecule has 2 aromatic carbocycles. The molecule has 1 unspecified atom stereocenters. The van der Waals surface area contributed by atoms with E-state index in [2.05, 4.69) is 85.3 Å². The van der Waals surface area contributed by atoms with Gasteiger partial charge in [-0.05, 0) is 84.2 Å². The van der Waals surface area contributed by atoms with Gasteiger partial charge in [0.1, 0.15) is 0 Å². The predicted molar refractivity (Wildman–Crippen MR) is 96.3 cm³/mol. The average molecular weight is 364 g/mol. The van der Waals surface area contributed by atoms with E-state index in [4.69, 9.17) is 0 Å². The summed E-state index contributed by atoms with van der Waals surface area (Å²) in [7, 11) is 0. The highest BCUT2D eigenvalue weighted by atomic mass is 79.9. The predicted octanol–water partition coefficient (Wildman–Crippen LogP) is 5.89. The molecule has 0 aromatic heterocycles. The molecule has 0 aliphatic carbocycles. The highest BCUT2D eigenvalue weighted by molar-refractivity contribution is 9.10. The molecule has 0 saturated heterocycles. The standard InChI is InChI=1S/C18H22BrNS/c1-5-20-14(4)15-7-9-18(17(19)11-15)21-16-8-6-12(2)13(3)10-16/h6-11,14,20H,5H2,1-4H3. The van der Waals surface area contributed by atoms with Crippen molar-refractivity contribution >= 4 is 27.7 Å². The minimum Gasteiger partial charge on any atom is -0.310 e. The summed E-state index contributed by atoms with van der Waals surface area (Å²) in [6.45, 7) is 9.63. The minimum absolute atomic E-state index is 0.381. The first-order valence-electron chi connectivity index (χ1n) is 7.29. The number of halogens is 1. The summed E-state index contributed by atoms with van der Waals surface area (Å²) in [6.07, 6.45) is 0. The summed E-state index contributed by atoms with van der Waals surface area (Å²) in [5.74, 6) is 0. The van der Waals surface area contributed by atoms with Crippen LogP contribution in [0, 0.1) is 13.8 Å². The number of nitrogens with one attached hydrogen (secondary N) is 1. The van der Waals surface area contributed by atoms with Crippen molar-refractivity contribution in [2.75, 3.05) is 6.54 Å². The molecule has 3 heteroatoms. The van der Waals surface area contributed by atoms with Gasteiger partial charge < -0.3 is 5.32 Å². The maximum Gasteiger partial charge on any atom is 0.0318 e. The molecular weight excluding hydrogens is 342 g/mol. The molecule has 0 amide bonds. The Labute approximate surface area is 140 Å². The van der Waals surface area contributed by atoms with E-state index < -0.39 is 0 Å². The second-order valence-corrected chi connectivity index (χ2v) is 7.29. The van der Waals surface area contributed by atoms with E-state index in [0.29, 0.717) is 6.04 Å². The first-order chi connectivity index (χ1) is 10.0. The normalized spacial score (nSPS) is 12.4. The van der Waals surface area contributed by atoms with Crippen molar-refractivity contribution in [1.29, 1.82) is 0 Å². The van der Waals surface area contributed by atoms with Gasteiger partial charge in [-0.1, -0.05) is 30.8 Å². The number of hydrogen-bond acceptors (Lipinski definition) is 2. The molecule has 2 aromatic rings. The quantitative estimate of drug-likeness (QED) is 0.710. The molecule has 0 aliphatic heterocycles. The van der Waals surface area contributed by atoms with Crippen LogP contribution in [0.3, 0.4) is 0 Å². The molecule has 21 heavy (non-hydrogen) atoms. The third kappa shape index (κ3) is 4.35. The largest absolute Gasteiger partial charge is 0.310 e. The maximum absolute atomic E-state index is 3.71. The van der Waals surface area contributed by atoms with Crippen LogP contribution >= 0.6 is 27.7 Å². The average Bonchev–Trinajstić information content (AvgIpc) is 2.45. The van der Waals surface area contributed by atoms with Crippen LogP contribution in [0.25, 0.3) is 0 Å². The molecule has 0 fully saturated rings. The van der Waals surface area contributed by atoms with Crippen LogP contribution in [0.5, 0.6) is 0 Å². The first kappa shape index (κ1) is 16.6. The summed E-state index contributed by atoms with van der Waals surface area (Å²) >= 11 is 5.51. The van der Waals surface area contributed by atoms with Crippen LogP contribution in [0.2, 0.25) is 0 Å². The molecular formula is C18H22BrNS. The molecule has 0 aliphatic rings. The minimum atomic E-state index is 0.381.